The fourth-order valence-corrected chi connectivity index (χ4v) is 2.63. The fourth-order valence-electron chi connectivity index (χ4n) is 1.43. The lowest BCUT2D eigenvalue weighted by Gasteiger charge is -1.97. The molecule has 86 valence electrons. The normalized spacial score (nSPS) is 12.1. The molecule has 0 saturated heterocycles. The highest BCUT2D eigenvalue weighted by Gasteiger charge is 2.18. The number of para-hydroxylation sites is 2. The molecule has 2 rings (SSSR count). The number of hydrogen-bond acceptors (Lipinski definition) is 4. The summed E-state index contributed by atoms with van der Waals surface area (Å²) in [6, 6.07) is 7.13. The van der Waals surface area contributed by atoms with Gasteiger partial charge in [-0.25, -0.2) is 13.4 Å². The Bertz CT molecular complexity index is 556. The summed E-state index contributed by atoms with van der Waals surface area (Å²) >= 11 is 0. The van der Waals surface area contributed by atoms with Gasteiger partial charge in [0.2, 0.25) is 15.0 Å². The minimum absolute atomic E-state index is 0.0258. The van der Waals surface area contributed by atoms with Crippen molar-refractivity contribution in [2.24, 2.45) is 0 Å². The van der Waals surface area contributed by atoms with Crippen molar-refractivity contribution in [1.29, 1.82) is 0 Å². The number of H-pyrrole nitrogens is 1. The first-order valence-corrected chi connectivity index (χ1v) is 6.57. The maximum absolute atomic E-state index is 11.8. The molecule has 2 N–H and O–H groups in total. The molecular weight excluding hydrogens is 228 g/mol. The van der Waals surface area contributed by atoms with Gasteiger partial charge in [0.1, 0.15) is 0 Å². The van der Waals surface area contributed by atoms with E-state index < -0.39 is 9.84 Å². The molecule has 1 heterocycles. The quantitative estimate of drug-likeness (QED) is 0.824. The predicted octanol–water partition coefficient (Wildman–Crippen LogP) is 0.719. The third-order valence-electron chi connectivity index (χ3n) is 2.23. The van der Waals surface area contributed by atoms with Crippen LogP contribution in [0.15, 0.2) is 29.4 Å². The first kappa shape index (κ1) is 11.1. The van der Waals surface area contributed by atoms with Crippen LogP contribution in [0.3, 0.4) is 0 Å². The Balaban J connectivity index is 2.40. The summed E-state index contributed by atoms with van der Waals surface area (Å²) < 4.78 is 23.5. The molecule has 16 heavy (non-hydrogen) atoms. The highest BCUT2D eigenvalue weighted by atomic mass is 32.2. The summed E-state index contributed by atoms with van der Waals surface area (Å²) in [5.41, 5.74) is 1.33. The molecule has 0 radical (unpaired) electrons. The second-order valence-electron chi connectivity index (χ2n) is 3.46. The minimum atomic E-state index is -3.41. The number of rotatable bonds is 4. The van der Waals surface area contributed by atoms with Crippen molar-refractivity contribution in [2.75, 3.05) is 12.4 Å². The molecule has 5 nitrogen and oxygen atoms in total. The molecule has 0 aliphatic carbocycles. The molecule has 2 aromatic rings. The van der Waals surface area contributed by atoms with Gasteiger partial charge in [-0.1, -0.05) is 12.1 Å². The lowest BCUT2D eigenvalue weighted by atomic mass is 10.3. The monoisotopic (exact) mass is 240 g/mol. The Kier molecular flexibility index (Phi) is 2.93. The number of hydrogen-bond donors (Lipinski definition) is 2. The summed E-state index contributed by atoms with van der Waals surface area (Å²) in [4.78, 5) is 6.78. The number of aliphatic hydroxyl groups excluding tert-OH is 1. The molecule has 0 amide bonds. The molecule has 1 aromatic heterocycles. The molecule has 0 fully saturated rings. The van der Waals surface area contributed by atoms with Gasteiger partial charge in [-0.3, -0.25) is 0 Å². The summed E-state index contributed by atoms with van der Waals surface area (Å²) in [7, 11) is -3.41. The Morgan fingerprint density at radius 1 is 1.31 bits per heavy atom. The van der Waals surface area contributed by atoms with E-state index in [1.165, 1.54) is 0 Å². The molecule has 0 spiro atoms. The van der Waals surface area contributed by atoms with Gasteiger partial charge in [0.25, 0.3) is 0 Å². The lowest BCUT2D eigenvalue weighted by Crippen LogP contribution is -2.09. The number of nitrogens with zero attached hydrogens (tertiary/aromatic N) is 1. The molecule has 0 atom stereocenters. The fraction of sp³-hybridized carbons (Fsp3) is 0.300. The number of aromatic amines is 1. The third-order valence-corrected chi connectivity index (χ3v) is 3.84. The van der Waals surface area contributed by atoms with Crippen molar-refractivity contribution in [3.05, 3.63) is 24.3 Å². The third kappa shape index (κ3) is 2.07. The van der Waals surface area contributed by atoms with E-state index >= 15 is 0 Å². The molecule has 6 heteroatoms. The van der Waals surface area contributed by atoms with E-state index in [2.05, 4.69) is 9.97 Å². The van der Waals surface area contributed by atoms with Gasteiger partial charge < -0.3 is 10.1 Å². The van der Waals surface area contributed by atoms with Crippen molar-refractivity contribution in [1.82, 2.24) is 9.97 Å². The number of nitrogens with one attached hydrogen (secondary N) is 1. The maximum Gasteiger partial charge on any atom is 0.226 e. The SMILES string of the molecule is O=S(=O)(CCCO)c1nc2ccccc2[nH]1. The summed E-state index contributed by atoms with van der Waals surface area (Å²) in [6.45, 7) is -0.139. The molecule has 0 aliphatic rings. The van der Waals surface area contributed by atoms with E-state index in [0.717, 1.165) is 0 Å². The van der Waals surface area contributed by atoms with Gasteiger partial charge in [0.15, 0.2) is 0 Å². The zero-order valence-corrected chi connectivity index (χ0v) is 9.37. The summed E-state index contributed by atoms with van der Waals surface area (Å²) in [5.74, 6) is -0.0939. The predicted molar refractivity (Wildman–Crippen MR) is 59.8 cm³/mol. The van der Waals surface area contributed by atoms with Crippen LogP contribution in [-0.2, 0) is 9.84 Å². The van der Waals surface area contributed by atoms with E-state index in [4.69, 9.17) is 5.11 Å². The summed E-state index contributed by atoms with van der Waals surface area (Å²) in [6.07, 6.45) is 0.222. The van der Waals surface area contributed by atoms with Crippen LogP contribution in [0.2, 0.25) is 0 Å². The van der Waals surface area contributed by atoms with Gasteiger partial charge >= 0.3 is 0 Å². The largest absolute Gasteiger partial charge is 0.396 e. The standard InChI is InChI=1S/C10H12N2O3S/c13-6-3-7-16(14,15)10-11-8-4-1-2-5-9(8)12-10/h1-2,4-5,13H,3,6-7H2,(H,11,12). The van der Waals surface area contributed by atoms with Gasteiger partial charge in [0, 0.05) is 6.61 Å². The van der Waals surface area contributed by atoms with Crippen LogP contribution in [0.4, 0.5) is 0 Å². The maximum atomic E-state index is 11.8. The second kappa shape index (κ2) is 4.23. The van der Waals surface area contributed by atoms with Gasteiger partial charge in [-0.15, -0.1) is 0 Å². The Morgan fingerprint density at radius 3 is 2.75 bits per heavy atom. The molecule has 1 aromatic carbocycles. The molecule has 0 bridgehead atoms. The van der Waals surface area contributed by atoms with Crippen molar-refractivity contribution in [3.8, 4) is 0 Å². The van der Waals surface area contributed by atoms with Crippen LogP contribution in [0, 0.1) is 0 Å². The lowest BCUT2D eigenvalue weighted by molar-refractivity contribution is 0.295. The average Bonchev–Trinajstić information content (AvgIpc) is 2.71. The van der Waals surface area contributed by atoms with Crippen LogP contribution in [0.1, 0.15) is 6.42 Å². The Hall–Kier alpha value is -1.40. The molecular formula is C10H12N2O3S. The minimum Gasteiger partial charge on any atom is -0.396 e. The van der Waals surface area contributed by atoms with Crippen LogP contribution >= 0.6 is 0 Å². The topological polar surface area (TPSA) is 83.1 Å². The second-order valence-corrected chi connectivity index (χ2v) is 5.48. The highest BCUT2D eigenvalue weighted by Crippen LogP contribution is 2.15. The van der Waals surface area contributed by atoms with Gasteiger partial charge in [0.05, 0.1) is 16.8 Å². The van der Waals surface area contributed by atoms with Gasteiger partial charge in [-0.05, 0) is 18.6 Å². The first-order chi connectivity index (χ1) is 7.63. The average molecular weight is 240 g/mol. The molecule has 0 saturated carbocycles. The van der Waals surface area contributed by atoms with E-state index in [1.54, 1.807) is 18.2 Å². The van der Waals surface area contributed by atoms with Crippen LogP contribution in [0.5, 0.6) is 0 Å². The molecule has 0 aliphatic heterocycles. The number of benzene rings is 1. The Morgan fingerprint density at radius 2 is 2.06 bits per heavy atom. The Labute approximate surface area is 93.1 Å². The van der Waals surface area contributed by atoms with Gasteiger partial charge in [-0.2, -0.15) is 0 Å². The first-order valence-electron chi connectivity index (χ1n) is 4.92. The van der Waals surface area contributed by atoms with Crippen LogP contribution in [0.25, 0.3) is 11.0 Å². The van der Waals surface area contributed by atoms with E-state index in [1.807, 2.05) is 6.07 Å². The van der Waals surface area contributed by atoms with Crippen LogP contribution < -0.4 is 0 Å². The van der Waals surface area contributed by atoms with Crippen LogP contribution in [-0.4, -0.2) is 35.9 Å². The number of fused-ring (bicyclic) bond motifs is 1. The van der Waals surface area contributed by atoms with Crippen molar-refractivity contribution >= 4 is 20.9 Å². The zero-order valence-electron chi connectivity index (χ0n) is 8.55. The number of aliphatic hydroxyl groups is 1. The highest BCUT2D eigenvalue weighted by molar-refractivity contribution is 7.91. The van der Waals surface area contributed by atoms with Crippen molar-refractivity contribution in [2.45, 2.75) is 11.6 Å². The number of sulfone groups is 1. The zero-order chi connectivity index (χ0) is 11.6. The van der Waals surface area contributed by atoms with Crippen molar-refractivity contribution in [3.63, 3.8) is 0 Å². The summed E-state index contributed by atoms with van der Waals surface area (Å²) in [5, 5.41) is 8.60. The van der Waals surface area contributed by atoms with Crippen molar-refractivity contribution < 1.29 is 13.5 Å². The molecule has 0 unspecified atom stereocenters. The van der Waals surface area contributed by atoms with E-state index in [0.29, 0.717) is 11.0 Å². The van der Waals surface area contributed by atoms with E-state index in [-0.39, 0.29) is 23.9 Å². The number of aromatic nitrogens is 2. The van der Waals surface area contributed by atoms with E-state index in [9.17, 15) is 8.42 Å². The number of imidazole rings is 1. The smallest absolute Gasteiger partial charge is 0.226 e.